The molecule has 0 radical (unpaired) electrons. The molecule has 3 rings (SSSR count). The van der Waals surface area contributed by atoms with Crippen LogP contribution in [0, 0.1) is 0 Å². The number of nitrogens with zero attached hydrogens (tertiary/aromatic N) is 4. The van der Waals surface area contributed by atoms with Crippen molar-refractivity contribution in [1.82, 2.24) is 15.3 Å². The lowest BCUT2D eigenvalue weighted by molar-refractivity contribution is 0.0993. The van der Waals surface area contributed by atoms with E-state index in [4.69, 9.17) is 11.5 Å². The van der Waals surface area contributed by atoms with Gasteiger partial charge in [0.1, 0.15) is 5.69 Å². The highest BCUT2D eigenvalue weighted by Crippen LogP contribution is 2.33. The van der Waals surface area contributed by atoms with Gasteiger partial charge in [-0.25, -0.2) is 9.98 Å². The molecule has 2 aromatic rings. The van der Waals surface area contributed by atoms with E-state index in [1.165, 1.54) is 0 Å². The molecule has 1 aliphatic heterocycles. The number of aliphatic imine (C=N–C) groups is 2. The zero-order valence-electron chi connectivity index (χ0n) is 14.4. The summed E-state index contributed by atoms with van der Waals surface area (Å²) >= 11 is 0. The number of benzene rings is 1. The Morgan fingerprint density at radius 3 is 2.69 bits per heavy atom. The first-order valence-electron chi connectivity index (χ1n) is 8.10. The third kappa shape index (κ3) is 4.01. The summed E-state index contributed by atoms with van der Waals surface area (Å²) in [5.74, 6) is 0.701. The van der Waals surface area contributed by atoms with Crippen molar-refractivity contribution in [2.24, 2.45) is 9.98 Å². The van der Waals surface area contributed by atoms with Gasteiger partial charge in [-0.3, -0.25) is 4.79 Å². The fraction of sp³-hybridized carbons (Fsp3) is 0.235. The summed E-state index contributed by atoms with van der Waals surface area (Å²) < 4.78 is 0. The first-order valence-corrected chi connectivity index (χ1v) is 8.10. The number of nitrogens with one attached hydrogen (secondary N) is 2. The van der Waals surface area contributed by atoms with Gasteiger partial charge in [-0.05, 0) is 31.3 Å². The number of rotatable bonds is 6. The van der Waals surface area contributed by atoms with Gasteiger partial charge in [-0.2, -0.15) is 9.97 Å². The van der Waals surface area contributed by atoms with Crippen LogP contribution in [-0.4, -0.2) is 47.8 Å². The van der Waals surface area contributed by atoms with E-state index >= 15 is 0 Å². The summed E-state index contributed by atoms with van der Waals surface area (Å²) in [6, 6.07) is 7.31. The van der Waals surface area contributed by atoms with E-state index in [0.29, 0.717) is 36.6 Å². The average molecular weight is 352 g/mol. The van der Waals surface area contributed by atoms with Gasteiger partial charge in [0.15, 0.2) is 17.4 Å². The average Bonchev–Trinajstić information content (AvgIpc) is 2.83. The Balaban J connectivity index is 1.70. The van der Waals surface area contributed by atoms with Crippen LogP contribution in [0.2, 0.25) is 0 Å². The van der Waals surface area contributed by atoms with Crippen molar-refractivity contribution in [3.8, 4) is 0 Å². The number of carbonyl (C=O) groups excluding carboxylic acids is 1. The van der Waals surface area contributed by atoms with Crippen LogP contribution >= 0.6 is 0 Å². The molecule has 0 atom stereocenters. The number of fused-ring (bicyclic) bond motifs is 1. The highest BCUT2D eigenvalue weighted by molar-refractivity contribution is 6.03. The summed E-state index contributed by atoms with van der Waals surface area (Å²) in [5.41, 5.74) is 14.3. The van der Waals surface area contributed by atoms with Crippen LogP contribution in [0.25, 0.3) is 0 Å². The minimum atomic E-state index is 0.0507. The Labute approximate surface area is 150 Å². The van der Waals surface area contributed by atoms with Crippen molar-refractivity contribution in [2.75, 3.05) is 36.9 Å². The normalized spacial score (nSPS) is 12.9. The highest BCUT2D eigenvalue weighted by atomic mass is 16.1. The number of carbonyl (C=O) groups is 1. The van der Waals surface area contributed by atoms with Gasteiger partial charge in [-0.15, -0.1) is 0 Å². The molecule has 2 heterocycles. The summed E-state index contributed by atoms with van der Waals surface area (Å²) in [7, 11) is 1.74. The summed E-state index contributed by atoms with van der Waals surface area (Å²) in [4.78, 5) is 28.6. The first kappa shape index (κ1) is 17.5. The molecule has 0 unspecified atom stereocenters. The molecule has 0 fully saturated rings. The molecular formula is C17H20N8O. The predicted octanol–water partition coefficient (Wildman–Crippen LogP) is 1.33. The van der Waals surface area contributed by atoms with Crippen molar-refractivity contribution in [3.05, 3.63) is 29.8 Å². The van der Waals surface area contributed by atoms with Gasteiger partial charge in [0, 0.05) is 29.6 Å². The molecule has 0 saturated heterocycles. The van der Waals surface area contributed by atoms with Gasteiger partial charge >= 0.3 is 0 Å². The second kappa shape index (κ2) is 7.70. The molecule has 6 N–H and O–H groups in total. The molecule has 1 aromatic carbocycles. The van der Waals surface area contributed by atoms with E-state index in [9.17, 15) is 4.79 Å². The second-order valence-electron chi connectivity index (χ2n) is 5.72. The minimum Gasteiger partial charge on any atom is -0.382 e. The van der Waals surface area contributed by atoms with Gasteiger partial charge in [0.25, 0.3) is 0 Å². The molecule has 26 heavy (non-hydrogen) atoms. The minimum absolute atomic E-state index is 0.0507. The molecule has 134 valence electrons. The topological polar surface area (TPSA) is 144 Å². The van der Waals surface area contributed by atoms with E-state index in [2.05, 4.69) is 30.6 Å². The number of Topliss-reactive ketones (excluding diaryl/α,β-unsaturated/α-hetero) is 1. The van der Waals surface area contributed by atoms with Gasteiger partial charge < -0.3 is 22.1 Å². The molecular weight excluding hydrogens is 332 g/mol. The molecule has 0 spiro atoms. The first-order chi connectivity index (χ1) is 12.6. The monoisotopic (exact) mass is 352 g/mol. The number of hydrogen-bond donors (Lipinski definition) is 4. The smallest absolute Gasteiger partial charge is 0.224 e. The Bertz CT molecular complexity index is 873. The largest absolute Gasteiger partial charge is 0.382 e. The zero-order valence-corrected chi connectivity index (χ0v) is 14.4. The van der Waals surface area contributed by atoms with Crippen LogP contribution in [0.4, 0.5) is 29.0 Å². The maximum atomic E-state index is 11.8. The van der Waals surface area contributed by atoms with Crippen LogP contribution in [-0.2, 0) is 0 Å². The van der Waals surface area contributed by atoms with Gasteiger partial charge in [-0.1, -0.05) is 0 Å². The maximum Gasteiger partial charge on any atom is 0.224 e. The van der Waals surface area contributed by atoms with Gasteiger partial charge in [0.05, 0.1) is 13.1 Å². The van der Waals surface area contributed by atoms with Crippen LogP contribution in [0.3, 0.4) is 0 Å². The third-order valence-electron chi connectivity index (χ3n) is 3.76. The van der Waals surface area contributed by atoms with Crippen molar-refractivity contribution in [1.29, 1.82) is 0 Å². The third-order valence-corrected chi connectivity index (χ3v) is 3.76. The van der Waals surface area contributed by atoms with Crippen LogP contribution in [0.15, 0.2) is 34.3 Å². The number of hydrogen-bond acceptors (Lipinski definition) is 9. The fourth-order valence-electron chi connectivity index (χ4n) is 2.47. The predicted molar refractivity (Wildman–Crippen MR) is 104 cm³/mol. The van der Waals surface area contributed by atoms with E-state index in [1.807, 2.05) is 12.1 Å². The zero-order chi connectivity index (χ0) is 18.5. The van der Waals surface area contributed by atoms with Crippen LogP contribution in [0.5, 0.6) is 0 Å². The highest BCUT2D eigenvalue weighted by Gasteiger charge is 2.14. The maximum absolute atomic E-state index is 11.8. The lowest BCUT2D eigenvalue weighted by Crippen LogP contribution is -2.18. The molecule has 0 saturated carbocycles. The SMILES string of the molecule is CNCC(=O)c1ccc(NCC2=Nc3c(N)nc(N)nc3N=CC2)cc1. The number of nitrogen functional groups attached to an aromatic ring is 2. The number of ketones is 1. The molecule has 1 aromatic heterocycles. The number of nitrogens with two attached hydrogens (primary N) is 2. The van der Waals surface area contributed by atoms with Crippen molar-refractivity contribution >= 4 is 46.7 Å². The van der Waals surface area contributed by atoms with E-state index in [1.54, 1.807) is 25.4 Å². The van der Waals surface area contributed by atoms with Crippen LogP contribution < -0.4 is 22.1 Å². The molecule has 0 bridgehead atoms. The molecule has 0 aliphatic carbocycles. The molecule has 9 nitrogen and oxygen atoms in total. The molecule has 0 amide bonds. The fourth-order valence-corrected chi connectivity index (χ4v) is 2.47. The summed E-state index contributed by atoms with van der Waals surface area (Å²) in [6.07, 6.45) is 2.28. The summed E-state index contributed by atoms with van der Waals surface area (Å²) in [6.45, 7) is 0.815. The Morgan fingerprint density at radius 2 is 1.96 bits per heavy atom. The van der Waals surface area contributed by atoms with E-state index < -0.39 is 0 Å². The van der Waals surface area contributed by atoms with Crippen molar-refractivity contribution in [2.45, 2.75) is 6.42 Å². The van der Waals surface area contributed by atoms with Crippen molar-refractivity contribution in [3.63, 3.8) is 0 Å². The molecule has 1 aliphatic rings. The Morgan fingerprint density at radius 1 is 1.19 bits per heavy atom. The lowest BCUT2D eigenvalue weighted by atomic mass is 10.1. The Kier molecular flexibility index (Phi) is 5.18. The number of likely N-dealkylation sites (N-methyl/N-ethyl adjacent to an activating group) is 1. The number of anilines is 3. The standard InChI is InChI=1S/C17H20N8O/c1-20-9-13(26)10-2-4-11(5-3-10)22-8-12-6-7-21-16-14(23-12)15(18)24-17(19)25-16/h2-5,7,20,22H,6,8-9H2,1H3,(H4,18,19,24,25). The Hall–Kier alpha value is -3.33. The summed E-state index contributed by atoms with van der Waals surface area (Å²) in [5, 5.41) is 6.13. The van der Waals surface area contributed by atoms with Gasteiger partial charge in [0.2, 0.25) is 5.95 Å². The van der Waals surface area contributed by atoms with Crippen LogP contribution in [0.1, 0.15) is 16.8 Å². The van der Waals surface area contributed by atoms with E-state index in [-0.39, 0.29) is 17.5 Å². The quantitative estimate of drug-likeness (QED) is 0.574. The van der Waals surface area contributed by atoms with E-state index in [0.717, 1.165) is 11.4 Å². The lowest BCUT2D eigenvalue weighted by Gasteiger charge is -2.09. The van der Waals surface area contributed by atoms with Crippen molar-refractivity contribution < 1.29 is 4.79 Å². The number of aromatic nitrogens is 2. The second-order valence-corrected chi connectivity index (χ2v) is 5.72. The molecule has 9 heteroatoms.